The lowest BCUT2D eigenvalue weighted by Gasteiger charge is -2.18. The first-order chi connectivity index (χ1) is 16.1. The molecule has 0 radical (unpaired) electrons. The number of guanidine groups is 1. The third kappa shape index (κ3) is 4.29. The summed E-state index contributed by atoms with van der Waals surface area (Å²) < 4.78 is 1.91. The molecule has 2 aromatic rings. The smallest absolute Gasteiger partial charge is 0.233 e. The molecular weight excluding hydrogens is 416 g/mol. The molecule has 1 saturated heterocycles. The molecule has 4 atom stereocenters. The van der Waals surface area contributed by atoms with Crippen molar-refractivity contribution in [3.63, 3.8) is 0 Å². The molecule has 2 amide bonds. The van der Waals surface area contributed by atoms with Crippen LogP contribution in [-0.4, -0.2) is 52.1 Å². The molecule has 1 aromatic heterocycles. The van der Waals surface area contributed by atoms with E-state index in [1.165, 1.54) is 10.5 Å². The summed E-state index contributed by atoms with van der Waals surface area (Å²) in [6.07, 6.45) is 9.03. The number of imide groups is 1. The van der Waals surface area contributed by atoms with Gasteiger partial charge in [0.25, 0.3) is 0 Å². The minimum absolute atomic E-state index is 0.00332. The molecule has 2 heterocycles. The van der Waals surface area contributed by atoms with Crippen molar-refractivity contribution in [2.75, 3.05) is 19.6 Å². The molecule has 4 unspecified atom stereocenters. The normalized spacial score (nSPS) is 25.7. The van der Waals surface area contributed by atoms with Crippen LogP contribution < -0.4 is 10.6 Å². The van der Waals surface area contributed by atoms with Crippen LogP contribution in [0.15, 0.2) is 59.9 Å². The van der Waals surface area contributed by atoms with Gasteiger partial charge in [0.1, 0.15) is 0 Å². The zero-order valence-electron chi connectivity index (χ0n) is 18.9. The summed E-state index contributed by atoms with van der Waals surface area (Å²) in [6, 6.07) is 10.2. The minimum atomic E-state index is -0.137. The van der Waals surface area contributed by atoms with Crippen LogP contribution in [-0.2, 0) is 22.7 Å². The van der Waals surface area contributed by atoms with Gasteiger partial charge in [-0.1, -0.05) is 42.5 Å². The van der Waals surface area contributed by atoms with E-state index in [4.69, 9.17) is 0 Å². The number of hydrogen-bond donors (Lipinski definition) is 2. The molecule has 8 nitrogen and oxygen atoms in total. The van der Waals surface area contributed by atoms with E-state index in [1.807, 2.05) is 42.2 Å². The fourth-order valence-electron chi connectivity index (χ4n) is 5.33. The number of aliphatic imine (C=N–C) groups is 1. The molecule has 2 bridgehead atoms. The molecular formula is C25H30N6O2. The highest BCUT2D eigenvalue weighted by Crippen LogP contribution is 2.52. The Morgan fingerprint density at radius 3 is 2.48 bits per heavy atom. The third-order valence-electron chi connectivity index (χ3n) is 6.83. The molecule has 1 aromatic carbocycles. The number of carbonyl (C=O) groups is 2. The highest BCUT2D eigenvalue weighted by Gasteiger charge is 2.58. The van der Waals surface area contributed by atoms with E-state index >= 15 is 0 Å². The Bertz CT molecular complexity index is 1050. The Hall–Kier alpha value is -3.42. The molecule has 0 spiro atoms. The number of likely N-dealkylation sites (tertiary alicyclic amines) is 1. The zero-order chi connectivity index (χ0) is 22.8. The van der Waals surface area contributed by atoms with Crippen molar-refractivity contribution in [1.82, 2.24) is 25.3 Å². The number of amides is 2. The predicted octanol–water partition coefficient (Wildman–Crippen LogP) is 1.79. The molecule has 5 rings (SSSR count). The molecule has 2 N–H and O–H groups in total. The van der Waals surface area contributed by atoms with Crippen LogP contribution in [0, 0.1) is 23.7 Å². The second-order valence-corrected chi connectivity index (χ2v) is 8.98. The van der Waals surface area contributed by atoms with Gasteiger partial charge in [-0.15, -0.1) is 0 Å². The molecule has 1 saturated carbocycles. The Kier molecular flexibility index (Phi) is 5.98. The number of nitrogens with one attached hydrogen (secondary N) is 2. The van der Waals surface area contributed by atoms with Gasteiger partial charge >= 0.3 is 0 Å². The van der Waals surface area contributed by atoms with E-state index in [0.717, 1.165) is 25.1 Å². The Balaban J connectivity index is 1.14. The second-order valence-electron chi connectivity index (χ2n) is 8.98. The monoisotopic (exact) mass is 446 g/mol. The van der Waals surface area contributed by atoms with Gasteiger partial charge in [0.05, 0.1) is 31.1 Å². The summed E-state index contributed by atoms with van der Waals surface area (Å²) in [5.41, 5.74) is 2.22. The summed E-state index contributed by atoms with van der Waals surface area (Å²) in [5, 5.41) is 10.9. The fourth-order valence-corrected chi connectivity index (χ4v) is 5.33. The van der Waals surface area contributed by atoms with Gasteiger partial charge in [0, 0.05) is 31.4 Å². The van der Waals surface area contributed by atoms with Gasteiger partial charge in [-0.3, -0.25) is 19.2 Å². The van der Waals surface area contributed by atoms with E-state index < -0.39 is 0 Å². The molecule has 172 valence electrons. The summed E-state index contributed by atoms with van der Waals surface area (Å²) in [5.74, 6) is 0.873. The van der Waals surface area contributed by atoms with Crippen LogP contribution in [0.25, 0.3) is 0 Å². The third-order valence-corrected chi connectivity index (χ3v) is 6.83. The maximum absolute atomic E-state index is 12.8. The molecule has 2 fully saturated rings. The quantitative estimate of drug-likeness (QED) is 0.279. The highest BCUT2D eigenvalue weighted by atomic mass is 16.2. The molecule has 3 aliphatic rings. The van der Waals surface area contributed by atoms with E-state index in [2.05, 4.69) is 45.0 Å². The highest BCUT2D eigenvalue weighted by molar-refractivity contribution is 6.06. The first kappa shape index (κ1) is 21.4. The van der Waals surface area contributed by atoms with Crippen LogP contribution in [0.5, 0.6) is 0 Å². The SMILES string of the molecule is CCNC(=NCc1cnn(Cc2ccccc2)c1)NCCN1C(=O)C2C3C=CC(C3)C2C1=O. The Labute approximate surface area is 193 Å². The predicted molar refractivity (Wildman–Crippen MR) is 125 cm³/mol. The largest absolute Gasteiger partial charge is 0.357 e. The maximum atomic E-state index is 12.8. The first-order valence-corrected chi connectivity index (χ1v) is 11.7. The molecule has 2 aliphatic carbocycles. The number of carbonyl (C=O) groups excluding carboxylic acids is 2. The Morgan fingerprint density at radius 2 is 1.79 bits per heavy atom. The summed E-state index contributed by atoms with van der Waals surface area (Å²) in [4.78, 5) is 31.7. The minimum Gasteiger partial charge on any atom is -0.357 e. The van der Waals surface area contributed by atoms with Crippen molar-refractivity contribution >= 4 is 17.8 Å². The topological polar surface area (TPSA) is 91.6 Å². The van der Waals surface area contributed by atoms with Gasteiger partial charge in [0.2, 0.25) is 11.8 Å². The van der Waals surface area contributed by atoms with Crippen molar-refractivity contribution in [3.8, 4) is 0 Å². The number of allylic oxidation sites excluding steroid dienone is 2. The molecule has 33 heavy (non-hydrogen) atoms. The van der Waals surface area contributed by atoms with Crippen molar-refractivity contribution < 1.29 is 9.59 Å². The average Bonchev–Trinajstić information content (AvgIpc) is 3.59. The van der Waals surface area contributed by atoms with E-state index in [1.54, 1.807) is 0 Å². The number of hydrogen-bond acceptors (Lipinski definition) is 4. The van der Waals surface area contributed by atoms with Gasteiger partial charge < -0.3 is 10.6 Å². The number of nitrogens with zero attached hydrogens (tertiary/aromatic N) is 4. The van der Waals surface area contributed by atoms with Gasteiger partial charge in [0.15, 0.2) is 5.96 Å². The summed E-state index contributed by atoms with van der Waals surface area (Å²) >= 11 is 0. The number of rotatable bonds is 8. The van der Waals surface area contributed by atoms with Crippen LogP contribution in [0.1, 0.15) is 24.5 Å². The van der Waals surface area contributed by atoms with E-state index in [0.29, 0.717) is 25.6 Å². The van der Waals surface area contributed by atoms with Gasteiger partial charge in [-0.25, -0.2) is 4.99 Å². The van der Waals surface area contributed by atoms with Crippen molar-refractivity contribution in [2.45, 2.75) is 26.4 Å². The van der Waals surface area contributed by atoms with Crippen molar-refractivity contribution in [3.05, 3.63) is 66.0 Å². The number of fused-ring (bicyclic) bond motifs is 5. The van der Waals surface area contributed by atoms with Crippen LogP contribution in [0.3, 0.4) is 0 Å². The number of benzene rings is 1. The summed E-state index contributed by atoms with van der Waals surface area (Å²) in [6.45, 7) is 4.78. The van der Waals surface area contributed by atoms with Crippen LogP contribution in [0.2, 0.25) is 0 Å². The van der Waals surface area contributed by atoms with Crippen LogP contribution >= 0.6 is 0 Å². The van der Waals surface area contributed by atoms with Crippen molar-refractivity contribution in [1.29, 1.82) is 0 Å². The van der Waals surface area contributed by atoms with Gasteiger partial charge in [-0.2, -0.15) is 5.10 Å². The first-order valence-electron chi connectivity index (χ1n) is 11.7. The molecule has 1 aliphatic heterocycles. The average molecular weight is 447 g/mol. The zero-order valence-corrected chi connectivity index (χ0v) is 18.9. The molecule has 8 heteroatoms. The van der Waals surface area contributed by atoms with E-state index in [9.17, 15) is 9.59 Å². The summed E-state index contributed by atoms with van der Waals surface area (Å²) in [7, 11) is 0. The number of aromatic nitrogens is 2. The van der Waals surface area contributed by atoms with E-state index in [-0.39, 0.29) is 35.5 Å². The fraction of sp³-hybridized carbons (Fsp3) is 0.440. The lowest BCUT2D eigenvalue weighted by molar-refractivity contribution is -0.140. The standard InChI is InChI=1S/C25H30N6O2/c1-2-26-25(28-13-18-14-29-30(16-18)15-17-6-4-3-5-7-17)27-10-11-31-23(32)21-19-8-9-20(12-19)22(21)24(31)33/h3-9,14,16,19-22H,2,10-13,15H2,1H3,(H2,26,27,28). The van der Waals surface area contributed by atoms with Gasteiger partial charge in [-0.05, 0) is 30.7 Å². The second kappa shape index (κ2) is 9.21. The maximum Gasteiger partial charge on any atom is 0.233 e. The van der Waals surface area contributed by atoms with Crippen molar-refractivity contribution in [2.24, 2.45) is 28.7 Å². The lowest BCUT2D eigenvalue weighted by Crippen LogP contribution is -2.43. The van der Waals surface area contributed by atoms with Crippen LogP contribution in [0.4, 0.5) is 0 Å². The lowest BCUT2D eigenvalue weighted by atomic mass is 9.85. The Morgan fingerprint density at radius 1 is 1.06 bits per heavy atom.